The molecule has 7 nitrogen and oxygen atoms in total. The van der Waals surface area contributed by atoms with E-state index in [1.165, 1.54) is 43.3 Å². The number of aromatic nitrogens is 1. The van der Waals surface area contributed by atoms with Gasteiger partial charge < -0.3 is 4.74 Å². The van der Waals surface area contributed by atoms with Gasteiger partial charge in [-0.05, 0) is 73.0 Å². The number of carbonyl (C=O) groups is 2. The molecule has 33 heavy (non-hydrogen) atoms. The quantitative estimate of drug-likeness (QED) is 0.319. The van der Waals surface area contributed by atoms with Gasteiger partial charge in [0.15, 0.2) is 10.9 Å². The molecule has 0 radical (unpaired) electrons. The summed E-state index contributed by atoms with van der Waals surface area (Å²) in [5, 5.41) is -0.131. The van der Waals surface area contributed by atoms with E-state index in [2.05, 4.69) is 9.71 Å². The van der Waals surface area contributed by atoms with Gasteiger partial charge in [-0.2, -0.15) is 0 Å². The Kier molecular flexibility index (Phi) is 8.62. The number of aryl methyl sites for hydroxylation is 1. The number of carbonyl (C=O) groups excluding carboxylic acids is 2. The summed E-state index contributed by atoms with van der Waals surface area (Å²) in [6, 6.07) is 16.2. The van der Waals surface area contributed by atoms with Crippen molar-refractivity contribution >= 4 is 38.4 Å². The molecule has 0 saturated carbocycles. The molecule has 1 N–H and O–H groups in total. The van der Waals surface area contributed by atoms with Crippen LogP contribution in [0.4, 0.5) is 5.69 Å². The summed E-state index contributed by atoms with van der Waals surface area (Å²) < 4.78 is 33.5. The van der Waals surface area contributed by atoms with E-state index >= 15 is 0 Å². The zero-order valence-corrected chi connectivity index (χ0v) is 19.7. The second-order valence-electron chi connectivity index (χ2n) is 7.17. The van der Waals surface area contributed by atoms with Gasteiger partial charge in [-0.25, -0.2) is 8.42 Å². The summed E-state index contributed by atoms with van der Waals surface area (Å²) in [6.45, 7) is 1.91. The van der Waals surface area contributed by atoms with Crippen LogP contribution in [0.1, 0.15) is 29.3 Å². The Morgan fingerprint density at radius 1 is 1.03 bits per heavy atom. The first kappa shape index (κ1) is 24.5. The highest BCUT2D eigenvalue weighted by atomic mass is 32.2. The Balaban J connectivity index is 1.52. The molecule has 172 valence electrons. The lowest BCUT2D eigenvalue weighted by Crippen LogP contribution is -2.13. The zero-order valence-electron chi connectivity index (χ0n) is 18.1. The number of pyridine rings is 1. The molecule has 0 unspecified atom stereocenters. The molecule has 0 amide bonds. The molecule has 0 spiro atoms. The van der Waals surface area contributed by atoms with Crippen LogP contribution in [0.15, 0.2) is 78.0 Å². The van der Waals surface area contributed by atoms with E-state index in [0.717, 1.165) is 30.2 Å². The van der Waals surface area contributed by atoms with Gasteiger partial charge in [-0.1, -0.05) is 17.8 Å². The number of sulfonamides is 1. The number of ether oxygens (including phenoxy) is 1. The number of nitrogens with one attached hydrogen (secondary N) is 1. The Hall–Kier alpha value is -3.17. The van der Waals surface area contributed by atoms with E-state index in [1.54, 1.807) is 18.3 Å². The van der Waals surface area contributed by atoms with Crippen LogP contribution in [0.3, 0.4) is 0 Å². The molecule has 9 heteroatoms. The normalized spacial score (nSPS) is 11.1. The van der Waals surface area contributed by atoms with Crippen molar-refractivity contribution in [2.75, 3.05) is 17.1 Å². The highest BCUT2D eigenvalue weighted by Crippen LogP contribution is 2.20. The molecule has 0 aliphatic rings. The predicted molar refractivity (Wildman–Crippen MR) is 129 cm³/mol. The lowest BCUT2D eigenvalue weighted by molar-refractivity contribution is -0.109. The summed E-state index contributed by atoms with van der Waals surface area (Å²) in [5.41, 5.74) is 1.89. The third-order valence-electron chi connectivity index (χ3n) is 4.60. The van der Waals surface area contributed by atoms with E-state index in [-0.39, 0.29) is 21.5 Å². The number of anilines is 1. The maximum absolute atomic E-state index is 12.7. The molecule has 0 fully saturated rings. The van der Waals surface area contributed by atoms with Crippen molar-refractivity contribution in [3.63, 3.8) is 0 Å². The molecule has 3 rings (SSSR count). The minimum atomic E-state index is -3.79. The summed E-state index contributed by atoms with van der Waals surface area (Å²) in [5.74, 6) is 0.449. The Morgan fingerprint density at radius 3 is 2.39 bits per heavy atom. The lowest BCUT2D eigenvalue weighted by Gasteiger charge is -2.10. The minimum Gasteiger partial charge on any atom is -0.494 e. The number of Topliss-reactive ketones (excluding diaryl/α,β-unsaturated/α-hetero) is 1. The van der Waals surface area contributed by atoms with Crippen LogP contribution in [0.5, 0.6) is 5.75 Å². The van der Waals surface area contributed by atoms with Crippen LogP contribution >= 0.6 is 11.8 Å². The molecule has 3 aromatic rings. The van der Waals surface area contributed by atoms with Gasteiger partial charge in [0.25, 0.3) is 10.0 Å². The van der Waals surface area contributed by atoms with Crippen LogP contribution < -0.4 is 9.46 Å². The molecule has 0 saturated heterocycles. The van der Waals surface area contributed by atoms with Crippen molar-refractivity contribution in [2.24, 2.45) is 0 Å². The maximum atomic E-state index is 12.7. The highest BCUT2D eigenvalue weighted by molar-refractivity contribution is 8.14. The molecule has 1 heterocycles. The molecule has 0 aliphatic heterocycles. The smallest absolute Gasteiger partial charge is 0.261 e. The number of benzene rings is 2. The van der Waals surface area contributed by atoms with Gasteiger partial charge in [-0.3, -0.25) is 19.3 Å². The molecule has 2 aromatic carbocycles. The van der Waals surface area contributed by atoms with Crippen molar-refractivity contribution in [1.82, 2.24) is 4.98 Å². The van der Waals surface area contributed by atoms with E-state index in [0.29, 0.717) is 23.6 Å². The predicted octanol–water partition coefficient (Wildman–Crippen LogP) is 4.36. The number of rotatable bonds is 11. The second-order valence-corrected chi connectivity index (χ2v) is 10.0. The monoisotopic (exact) mass is 484 g/mol. The van der Waals surface area contributed by atoms with Crippen LogP contribution in [-0.2, 0) is 21.2 Å². The fourth-order valence-corrected chi connectivity index (χ4v) is 4.48. The number of hydrogen-bond donors (Lipinski definition) is 1. The van der Waals surface area contributed by atoms with E-state index in [4.69, 9.17) is 4.74 Å². The van der Waals surface area contributed by atoms with Gasteiger partial charge in [0.2, 0.25) is 0 Å². The van der Waals surface area contributed by atoms with Crippen LogP contribution in [0, 0.1) is 0 Å². The number of thioether (sulfide) groups is 1. The van der Waals surface area contributed by atoms with Crippen LogP contribution in [0.25, 0.3) is 0 Å². The Labute approximate surface area is 197 Å². The molecule has 1 aromatic heterocycles. The van der Waals surface area contributed by atoms with E-state index < -0.39 is 10.0 Å². The standard InChI is InChI=1S/C24H24N2O5S2/c1-18(27)32-17-24(28)20-6-8-21(9-7-20)26-33(29,30)23-12-10-22(11-13-23)31-15-3-5-19-4-2-14-25-16-19/h2,4,6-14,16,26H,3,5,15,17H2,1H3. The van der Waals surface area contributed by atoms with Gasteiger partial charge in [0, 0.05) is 30.6 Å². The average Bonchev–Trinajstić information content (AvgIpc) is 2.81. The number of ketones is 1. The molecular weight excluding hydrogens is 460 g/mol. The van der Waals surface area contributed by atoms with Gasteiger partial charge in [0.05, 0.1) is 17.3 Å². The van der Waals surface area contributed by atoms with E-state index in [9.17, 15) is 18.0 Å². The van der Waals surface area contributed by atoms with Crippen molar-refractivity contribution in [1.29, 1.82) is 0 Å². The highest BCUT2D eigenvalue weighted by Gasteiger charge is 2.15. The number of hydrogen-bond acceptors (Lipinski definition) is 7. The topological polar surface area (TPSA) is 102 Å². The molecule has 0 aliphatic carbocycles. The third kappa shape index (κ3) is 7.73. The summed E-state index contributed by atoms with van der Waals surface area (Å²) in [4.78, 5) is 27.2. The van der Waals surface area contributed by atoms with Crippen molar-refractivity contribution < 1.29 is 22.7 Å². The summed E-state index contributed by atoms with van der Waals surface area (Å²) >= 11 is 0.939. The first-order chi connectivity index (χ1) is 15.8. The van der Waals surface area contributed by atoms with Gasteiger partial charge in [0.1, 0.15) is 5.75 Å². The van der Waals surface area contributed by atoms with Gasteiger partial charge >= 0.3 is 0 Å². The Morgan fingerprint density at radius 2 is 1.76 bits per heavy atom. The molecule has 0 atom stereocenters. The fraction of sp³-hybridized carbons (Fsp3) is 0.208. The lowest BCUT2D eigenvalue weighted by atomic mass is 10.1. The second kappa shape index (κ2) is 11.6. The summed E-state index contributed by atoms with van der Waals surface area (Å²) in [6.07, 6.45) is 5.23. The minimum absolute atomic E-state index is 0.0539. The third-order valence-corrected chi connectivity index (χ3v) is 6.81. The van der Waals surface area contributed by atoms with Gasteiger partial charge in [-0.15, -0.1) is 0 Å². The first-order valence-corrected chi connectivity index (χ1v) is 12.7. The van der Waals surface area contributed by atoms with Crippen molar-refractivity contribution in [2.45, 2.75) is 24.7 Å². The number of nitrogens with zero attached hydrogens (tertiary/aromatic N) is 1. The van der Waals surface area contributed by atoms with E-state index in [1.807, 2.05) is 18.3 Å². The van der Waals surface area contributed by atoms with Crippen molar-refractivity contribution in [3.05, 3.63) is 84.2 Å². The van der Waals surface area contributed by atoms with Crippen molar-refractivity contribution in [3.8, 4) is 5.75 Å². The largest absolute Gasteiger partial charge is 0.494 e. The van der Waals surface area contributed by atoms with Crippen LogP contribution in [0.2, 0.25) is 0 Å². The maximum Gasteiger partial charge on any atom is 0.261 e. The SMILES string of the molecule is CC(=O)SCC(=O)c1ccc(NS(=O)(=O)c2ccc(OCCCc3cccnc3)cc2)cc1. The first-order valence-electron chi connectivity index (χ1n) is 10.2. The zero-order chi connectivity index (χ0) is 23.7. The fourth-order valence-electron chi connectivity index (χ4n) is 2.92. The average molecular weight is 485 g/mol. The summed E-state index contributed by atoms with van der Waals surface area (Å²) in [7, 11) is -3.79. The molecule has 0 bridgehead atoms. The molecular formula is C24H24N2O5S2. The Bertz CT molecular complexity index is 1180. The van der Waals surface area contributed by atoms with Crippen LogP contribution in [-0.4, -0.2) is 36.7 Å².